The lowest BCUT2D eigenvalue weighted by molar-refractivity contribution is 0.629. The van der Waals surface area contributed by atoms with Gasteiger partial charge >= 0.3 is 0 Å². The summed E-state index contributed by atoms with van der Waals surface area (Å²) in [5.74, 6) is 1.00. The molecule has 5 aromatic rings. The zero-order valence-corrected chi connectivity index (χ0v) is 17.1. The molecule has 6 rings (SSSR count). The number of nitrogens with zero attached hydrogens (tertiary/aromatic N) is 2. The van der Waals surface area contributed by atoms with Crippen molar-refractivity contribution in [1.82, 2.24) is 9.55 Å². The molecule has 4 aromatic carbocycles. The maximum atomic E-state index is 5.06. The molecule has 1 aliphatic heterocycles. The average molecular weight is 386 g/mol. The Morgan fingerprint density at radius 2 is 1.33 bits per heavy atom. The topological polar surface area (TPSA) is 17.8 Å². The van der Waals surface area contributed by atoms with E-state index < -0.39 is 0 Å². The van der Waals surface area contributed by atoms with E-state index in [9.17, 15) is 0 Å². The monoisotopic (exact) mass is 386 g/mol. The molecule has 0 saturated carbocycles. The summed E-state index contributed by atoms with van der Waals surface area (Å²) in [7, 11) is 0. The van der Waals surface area contributed by atoms with E-state index >= 15 is 0 Å². The van der Waals surface area contributed by atoms with E-state index in [0.29, 0.717) is 0 Å². The molecule has 1 aliphatic rings. The molecule has 2 nitrogen and oxygen atoms in total. The van der Waals surface area contributed by atoms with Gasteiger partial charge in [-0.25, -0.2) is 4.98 Å². The lowest BCUT2D eigenvalue weighted by Gasteiger charge is -2.35. The molecule has 2 heteroatoms. The Morgan fingerprint density at radius 3 is 2.07 bits per heavy atom. The average Bonchev–Trinajstić information content (AvgIpc) is 3.19. The van der Waals surface area contributed by atoms with Crippen LogP contribution in [0.4, 0.5) is 0 Å². The predicted molar refractivity (Wildman–Crippen MR) is 124 cm³/mol. The van der Waals surface area contributed by atoms with Crippen LogP contribution in [0.25, 0.3) is 39.2 Å². The van der Waals surface area contributed by atoms with Gasteiger partial charge < -0.3 is 0 Å². The Hall–Kier alpha value is -3.65. The Bertz CT molecular complexity index is 1390. The van der Waals surface area contributed by atoms with Gasteiger partial charge in [-0.3, -0.25) is 4.57 Å². The third-order valence-corrected chi connectivity index (χ3v) is 6.40. The largest absolute Gasteiger partial charge is 0.292 e. The quantitative estimate of drug-likeness (QED) is 0.319. The molecule has 0 amide bonds. The Labute approximate surface area is 176 Å². The summed E-state index contributed by atoms with van der Waals surface area (Å²) in [6.45, 7) is 4.65. The highest BCUT2D eigenvalue weighted by Gasteiger charge is 2.35. The molecular weight excluding hydrogens is 364 g/mol. The molecule has 0 radical (unpaired) electrons. The number of hydrogen-bond donors (Lipinski definition) is 0. The van der Waals surface area contributed by atoms with Crippen LogP contribution in [0.15, 0.2) is 97.1 Å². The minimum Gasteiger partial charge on any atom is -0.292 e. The number of para-hydroxylation sites is 1. The summed E-state index contributed by atoms with van der Waals surface area (Å²) in [5, 5.41) is 0. The van der Waals surface area contributed by atoms with Crippen molar-refractivity contribution >= 4 is 11.0 Å². The molecule has 0 unspecified atom stereocenters. The van der Waals surface area contributed by atoms with Crippen LogP contribution in [-0.2, 0) is 5.41 Å². The first-order chi connectivity index (χ1) is 14.6. The first-order valence-corrected chi connectivity index (χ1v) is 10.4. The van der Waals surface area contributed by atoms with Gasteiger partial charge in [0.05, 0.1) is 16.7 Å². The van der Waals surface area contributed by atoms with E-state index in [1.165, 1.54) is 33.5 Å². The van der Waals surface area contributed by atoms with Crippen molar-refractivity contribution in [1.29, 1.82) is 0 Å². The fourth-order valence-corrected chi connectivity index (χ4v) is 4.83. The van der Waals surface area contributed by atoms with Gasteiger partial charge in [0, 0.05) is 11.0 Å². The van der Waals surface area contributed by atoms with Crippen LogP contribution in [0, 0.1) is 0 Å². The highest BCUT2D eigenvalue weighted by Crippen LogP contribution is 2.46. The molecular formula is C28H22N2. The minimum absolute atomic E-state index is 0.108. The fourth-order valence-electron chi connectivity index (χ4n) is 4.83. The number of hydrogen-bond acceptors (Lipinski definition) is 1. The zero-order valence-electron chi connectivity index (χ0n) is 17.1. The van der Waals surface area contributed by atoms with Gasteiger partial charge in [-0.2, -0.15) is 0 Å². The van der Waals surface area contributed by atoms with Gasteiger partial charge in [-0.15, -0.1) is 0 Å². The minimum atomic E-state index is -0.108. The molecule has 0 atom stereocenters. The van der Waals surface area contributed by atoms with E-state index in [-0.39, 0.29) is 5.41 Å². The van der Waals surface area contributed by atoms with Crippen molar-refractivity contribution in [3.63, 3.8) is 0 Å². The summed E-state index contributed by atoms with van der Waals surface area (Å²) in [5.41, 5.74) is 9.68. The molecule has 30 heavy (non-hydrogen) atoms. The second-order valence-electron chi connectivity index (χ2n) is 8.53. The maximum absolute atomic E-state index is 5.06. The van der Waals surface area contributed by atoms with Crippen molar-refractivity contribution < 1.29 is 0 Å². The van der Waals surface area contributed by atoms with Gasteiger partial charge in [0.15, 0.2) is 0 Å². The molecule has 2 heterocycles. The lowest BCUT2D eigenvalue weighted by atomic mass is 9.74. The number of benzene rings is 4. The van der Waals surface area contributed by atoms with Crippen molar-refractivity contribution in [2.24, 2.45) is 0 Å². The van der Waals surface area contributed by atoms with Crippen LogP contribution in [0.3, 0.4) is 0 Å². The summed E-state index contributed by atoms with van der Waals surface area (Å²) >= 11 is 0. The Kier molecular flexibility index (Phi) is 3.54. The second-order valence-corrected chi connectivity index (χ2v) is 8.53. The van der Waals surface area contributed by atoms with Gasteiger partial charge in [0.25, 0.3) is 0 Å². The van der Waals surface area contributed by atoms with Crippen LogP contribution in [0.2, 0.25) is 0 Å². The number of imidazole rings is 1. The predicted octanol–water partition coefficient (Wildman–Crippen LogP) is 7.00. The van der Waals surface area contributed by atoms with E-state index in [1.54, 1.807) is 0 Å². The summed E-state index contributed by atoms with van der Waals surface area (Å²) in [6, 6.07) is 34.5. The smallest absolute Gasteiger partial charge is 0.145 e. The first-order valence-electron chi connectivity index (χ1n) is 10.4. The molecule has 0 bridgehead atoms. The molecule has 0 N–H and O–H groups in total. The van der Waals surface area contributed by atoms with Crippen LogP contribution in [0.5, 0.6) is 0 Å². The standard InChI is InChI=1S/C28H22N2/c1-28(2)22-14-9-15-24-26(22)30(27(29-24)20-12-7-4-8-13-20)25-17-16-21(18-23(25)28)19-10-5-3-6-11-19/h3-18H,1-2H3. The van der Waals surface area contributed by atoms with Gasteiger partial charge in [-0.1, -0.05) is 92.7 Å². The second kappa shape index (κ2) is 6.17. The third-order valence-electron chi connectivity index (χ3n) is 6.40. The van der Waals surface area contributed by atoms with Crippen molar-refractivity contribution in [2.75, 3.05) is 0 Å². The first kappa shape index (κ1) is 17.2. The van der Waals surface area contributed by atoms with Crippen LogP contribution < -0.4 is 0 Å². The SMILES string of the molecule is CC1(C)c2cc(-c3ccccc3)ccc2-n2c(-c3ccccc3)nc3cccc1c32. The molecule has 0 fully saturated rings. The van der Waals surface area contributed by atoms with E-state index in [1.807, 2.05) is 0 Å². The number of fused-ring (bicyclic) bond motifs is 2. The third kappa shape index (κ3) is 2.34. The zero-order chi connectivity index (χ0) is 20.3. The molecule has 0 aliphatic carbocycles. The molecule has 1 aromatic heterocycles. The summed E-state index contributed by atoms with van der Waals surface area (Å²) in [6.07, 6.45) is 0. The molecule has 144 valence electrons. The van der Waals surface area contributed by atoms with E-state index in [2.05, 4.69) is 115 Å². The Morgan fingerprint density at radius 1 is 0.633 bits per heavy atom. The van der Waals surface area contributed by atoms with Gasteiger partial charge in [-0.05, 0) is 40.5 Å². The summed E-state index contributed by atoms with van der Waals surface area (Å²) < 4.78 is 2.36. The van der Waals surface area contributed by atoms with E-state index in [4.69, 9.17) is 4.98 Å². The Balaban J connectivity index is 1.70. The van der Waals surface area contributed by atoms with Crippen LogP contribution in [-0.4, -0.2) is 9.55 Å². The highest BCUT2D eigenvalue weighted by molar-refractivity contribution is 5.90. The van der Waals surface area contributed by atoms with Gasteiger partial charge in [0.2, 0.25) is 0 Å². The molecule has 0 spiro atoms. The van der Waals surface area contributed by atoms with Crippen molar-refractivity contribution in [3.8, 4) is 28.2 Å². The lowest BCUT2D eigenvalue weighted by Crippen LogP contribution is -2.26. The normalized spacial score (nSPS) is 13.9. The highest BCUT2D eigenvalue weighted by atomic mass is 15.1. The van der Waals surface area contributed by atoms with Crippen molar-refractivity contribution in [2.45, 2.75) is 19.3 Å². The van der Waals surface area contributed by atoms with Crippen molar-refractivity contribution in [3.05, 3.63) is 108 Å². The van der Waals surface area contributed by atoms with Gasteiger partial charge in [0.1, 0.15) is 5.82 Å². The fraction of sp³-hybridized carbons (Fsp3) is 0.107. The van der Waals surface area contributed by atoms with E-state index in [0.717, 1.165) is 16.9 Å². The van der Waals surface area contributed by atoms with Crippen LogP contribution >= 0.6 is 0 Å². The molecule has 0 saturated heterocycles. The summed E-state index contributed by atoms with van der Waals surface area (Å²) in [4.78, 5) is 5.06. The number of rotatable bonds is 2. The number of aromatic nitrogens is 2. The maximum Gasteiger partial charge on any atom is 0.145 e. The van der Waals surface area contributed by atoms with Crippen LogP contribution in [0.1, 0.15) is 25.0 Å².